The summed E-state index contributed by atoms with van der Waals surface area (Å²) in [6, 6.07) is 1.01. The molecule has 30 heavy (non-hydrogen) atoms. The molecule has 164 valence electrons. The van der Waals surface area contributed by atoms with E-state index in [0.717, 1.165) is 13.1 Å². The summed E-state index contributed by atoms with van der Waals surface area (Å²) in [5.41, 5.74) is -3.92. The van der Waals surface area contributed by atoms with E-state index in [-0.39, 0.29) is 24.2 Å². The Hall–Kier alpha value is -3.15. The Morgan fingerprint density at radius 3 is 2.53 bits per heavy atom. The molecular formula is C18H20F3N3O6. The molecule has 0 saturated heterocycles. The van der Waals surface area contributed by atoms with Crippen LogP contribution in [0.25, 0.3) is 11.0 Å². The molecule has 0 aliphatic carbocycles. The Kier molecular flexibility index (Phi) is 6.70. The van der Waals surface area contributed by atoms with Crippen LogP contribution in [-0.2, 0) is 22.8 Å². The van der Waals surface area contributed by atoms with E-state index < -0.39 is 58.7 Å². The van der Waals surface area contributed by atoms with Crippen molar-refractivity contribution in [3.05, 3.63) is 33.2 Å². The van der Waals surface area contributed by atoms with Crippen LogP contribution in [-0.4, -0.2) is 51.4 Å². The molecule has 9 nitrogen and oxygen atoms in total. The van der Waals surface area contributed by atoms with Crippen molar-refractivity contribution in [1.82, 2.24) is 14.9 Å². The van der Waals surface area contributed by atoms with Crippen LogP contribution in [0.15, 0.2) is 10.9 Å². The third kappa shape index (κ3) is 4.53. The van der Waals surface area contributed by atoms with Crippen LogP contribution < -0.4 is 10.9 Å². The first-order valence-corrected chi connectivity index (χ1v) is 8.81. The molecule has 2 aromatic rings. The lowest BCUT2D eigenvalue weighted by molar-refractivity contribution is -0.142. The summed E-state index contributed by atoms with van der Waals surface area (Å²) < 4.78 is 46.7. The number of alkyl halides is 3. The maximum absolute atomic E-state index is 13.6. The van der Waals surface area contributed by atoms with Crippen molar-refractivity contribution >= 4 is 22.9 Å². The number of carboxylic acids is 1. The molecule has 2 aromatic heterocycles. The maximum atomic E-state index is 13.6. The molecule has 0 radical (unpaired) electrons. The fraction of sp³-hybridized carbons (Fsp3) is 0.444. The van der Waals surface area contributed by atoms with Crippen molar-refractivity contribution in [2.24, 2.45) is 7.05 Å². The summed E-state index contributed by atoms with van der Waals surface area (Å²) in [7, 11) is 1.09. The van der Waals surface area contributed by atoms with E-state index in [9.17, 15) is 32.7 Å². The quantitative estimate of drug-likeness (QED) is 0.607. The second-order valence-electron chi connectivity index (χ2n) is 6.52. The average Bonchev–Trinajstić information content (AvgIpc) is 2.67. The molecule has 0 spiro atoms. The zero-order valence-electron chi connectivity index (χ0n) is 16.3. The zero-order chi connectivity index (χ0) is 22.8. The van der Waals surface area contributed by atoms with Gasteiger partial charge in [-0.3, -0.25) is 19.0 Å². The largest absolute Gasteiger partial charge is 0.506 e. The molecule has 0 bridgehead atoms. The van der Waals surface area contributed by atoms with Crippen LogP contribution in [0.3, 0.4) is 0 Å². The average molecular weight is 431 g/mol. The number of halogens is 3. The van der Waals surface area contributed by atoms with Crippen molar-refractivity contribution in [2.45, 2.75) is 25.9 Å². The number of aliphatic carboxylic acids is 1. The number of nitrogens with one attached hydrogen (secondary N) is 1. The minimum atomic E-state index is -4.84. The SMILES string of the molecule is CCOC[C@H](C)c1cc2c(O)c(C(=O)NCC(=O)O)c(=O)n(C)c2nc1C(F)(F)F. The Balaban J connectivity index is 2.79. The zero-order valence-corrected chi connectivity index (χ0v) is 16.3. The molecular weight excluding hydrogens is 411 g/mol. The number of aryl methyl sites for hydroxylation is 1. The van der Waals surface area contributed by atoms with Gasteiger partial charge in [-0.25, -0.2) is 4.98 Å². The number of nitrogens with zero attached hydrogens (tertiary/aromatic N) is 2. The Bertz CT molecular complexity index is 1050. The summed E-state index contributed by atoms with van der Waals surface area (Å²) >= 11 is 0. The third-order valence-electron chi connectivity index (χ3n) is 4.36. The lowest BCUT2D eigenvalue weighted by Gasteiger charge is -2.20. The van der Waals surface area contributed by atoms with Crippen LogP contribution in [0, 0.1) is 0 Å². The van der Waals surface area contributed by atoms with Crippen LogP contribution in [0.4, 0.5) is 13.2 Å². The fourth-order valence-electron chi connectivity index (χ4n) is 2.88. The number of rotatable bonds is 7. The first kappa shape index (κ1) is 23.1. The highest BCUT2D eigenvalue weighted by atomic mass is 19.4. The number of hydrogen-bond donors (Lipinski definition) is 3. The summed E-state index contributed by atoms with van der Waals surface area (Å²) in [6.07, 6.45) is -4.84. The van der Waals surface area contributed by atoms with Gasteiger partial charge in [0.15, 0.2) is 0 Å². The number of carboxylic acid groups (broad SMARTS) is 1. The number of carbonyl (C=O) groups excluding carboxylic acids is 1. The lowest BCUT2D eigenvalue weighted by Crippen LogP contribution is -2.35. The Morgan fingerprint density at radius 1 is 1.37 bits per heavy atom. The van der Waals surface area contributed by atoms with Gasteiger partial charge in [0.1, 0.15) is 29.2 Å². The second kappa shape index (κ2) is 8.69. The van der Waals surface area contributed by atoms with Gasteiger partial charge in [-0.15, -0.1) is 0 Å². The predicted molar refractivity (Wildman–Crippen MR) is 98.5 cm³/mol. The van der Waals surface area contributed by atoms with E-state index >= 15 is 0 Å². The van der Waals surface area contributed by atoms with Crippen LogP contribution in [0.1, 0.15) is 41.4 Å². The van der Waals surface area contributed by atoms with Gasteiger partial charge in [-0.1, -0.05) is 6.92 Å². The highest BCUT2D eigenvalue weighted by molar-refractivity contribution is 6.02. The maximum Gasteiger partial charge on any atom is 0.433 e. The molecule has 1 amide bonds. The molecule has 0 aromatic carbocycles. The normalized spacial score (nSPS) is 12.7. The van der Waals surface area contributed by atoms with Crippen LogP contribution >= 0.6 is 0 Å². The number of carbonyl (C=O) groups is 2. The van der Waals surface area contributed by atoms with Gasteiger partial charge < -0.3 is 20.3 Å². The van der Waals surface area contributed by atoms with Crippen molar-refractivity contribution < 1.29 is 37.7 Å². The number of aromatic hydroxyl groups is 1. The second-order valence-corrected chi connectivity index (χ2v) is 6.52. The topological polar surface area (TPSA) is 131 Å². The van der Waals surface area contributed by atoms with Crippen LogP contribution in [0.2, 0.25) is 0 Å². The van der Waals surface area contributed by atoms with Crippen molar-refractivity contribution in [3.63, 3.8) is 0 Å². The van der Waals surface area contributed by atoms with Crippen molar-refractivity contribution in [2.75, 3.05) is 19.8 Å². The molecule has 2 heterocycles. The monoisotopic (exact) mass is 431 g/mol. The number of aromatic nitrogens is 2. The van der Waals surface area contributed by atoms with Gasteiger partial charge >= 0.3 is 12.1 Å². The van der Waals surface area contributed by atoms with Crippen molar-refractivity contribution in [1.29, 1.82) is 0 Å². The van der Waals surface area contributed by atoms with E-state index in [1.165, 1.54) is 6.92 Å². The third-order valence-corrected chi connectivity index (χ3v) is 4.36. The van der Waals surface area contributed by atoms with E-state index in [0.29, 0.717) is 4.57 Å². The highest BCUT2D eigenvalue weighted by Gasteiger charge is 2.38. The Labute approximate surface area is 168 Å². The number of ether oxygens (including phenoxy) is 1. The summed E-state index contributed by atoms with van der Waals surface area (Å²) in [5.74, 6) is -4.22. The van der Waals surface area contributed by atoms with Crippen molar-refractivity contribution in [3.8, 4) is 5.75 Å². The summed E-state index contributed by atoms with van der Waals surface area (Å²) in [5, 5.41) is 20.8. The van der Waals surface area contributed by atoms with Gasteiger partial charge in [0.2, 0.25) is 0 Å². The molecule has 1 atom stereocenters. The molecule has 3 N–H and O–H groups in total. The van der Waals surface area contributed by atoms with Gasteiger partial charge in [-0.05, 0) is 18.6 Å². The van der Waals surface area contributed by atoms with Gasteiger partial charge in [0, 0.05) is 19.6 Å². The lowest BCUT2D eigenvalue weighted by atomic mass is 9.97. The predicted octanol–water partition coefficient (Wildman–Crippen LogP) is 1.61. The molecule has 0 aliphatic heterocycles. The smallest absolute Gasteiger partial charge is 0.433 e. The van der Waals surface area contributed by atoms with E-state index in [2.05, 4.69) is 4.98 Å². The molecule has 0 aliphatic rings. The molecule has 0 saturated carbocycles. The molecule has 0 fully saturated rings. The van der Waals surface area contributed by atoms with E-state index in [1.54, 1.807) is 6.92 Å². The number of hydrogen-bond acceptors (Lipinski definition) is 6. The number of amides is 1. The molecule has 2 rings (SSSR count). The first-order chi connectivity index (χ1) is 13.9. The minimum Gasteiger partial charge on any atom is -0.506 e. The molecule has 12 heteroatoms. The molecule has 0 unspecified atom stereocenters. The summed E-state index contributed by atoms with van der Waals surface area (Å²) in [6.45, 7) is 2.57. The highest BCUT2D eigenvalue weighted by Crippen LogP contribution is 2.37. The number of pyridine rings is 2. The Morgan fingerprint density at radius 2 is 2.00 bits per heavy atom. The van der Waals surface area contributed by atoms with Gasteiger partial charge in [0.05, 0.1) is 12.0 Å². The standard InChI is InChI=1S/C18H20F3N3O6/c1-4-30-7-8(2)9-5-10-13(27)12(16(28)22-6-11(25)26)17(29)24(3)15(10)23-14(9)18(19,20)21/h5,8,27H,4,6-7H2,1-3H3,(H,22,28)(H,25,26)/t8-/m0/s1. The van der Waals surface area contributed by atoms with Gasteiger partial charge in [-0.2, -0.15) is 13.2 Å². The number of fused-ring (bicyclic) bond motifs is 1. The minimum absolute atomic E-state index is 0.0503. The van der Waals surface area contributed by atoms with Gasteiger partial charge in [0.25, 0.3) is 11.5 Å². The van der Waals surface area contributed by atoms with E-state index in [4.69, 9.17) is 9.84 Å². The summed E-state index contributed by atoms with van der Waals surface area (Å²) in [4.78, 5) is 38.9. The fourth-order valence-corrected chi connectivity index (χ4v) is 2.88. The van der Waals surface area contributed by atoms with E-state index in [1.807, 2.05) is 5.32 Å². The first-order valence-electron chi connectivity index (χ1n) is 8.81. The van der Waals surface area contributed by atoms with Crippen LogP contribution in [0.5, 0.6) is 5.75 Å².